The molecular weight excluding hydrogens is 272 g/mol. The second-order valence-corrected chi connectivity index (χ2v) is 3.69. The molecule has 0 spiro atoms. The van der Waals surface area contributed by atoms with Crippen molar-refractivity contribution in [3.8, 4) is 0 Å². The van der Waals surface area contributed by atoms with Crippen LogP contribution in [-0.2, 0) is 0 Å². The first-order valence-corrected chi connectivity index (χ1v) is 5.86. The molecule has 21 heavy (non-hydrogen) atoms. The molecule has 2 aromatic heterocycles. The first-order chi connectivity index (χ1) is 10.1. The molecular formula is C11H14N10. The molecule has 0 bridgehead atoms. The zero-order valence-corrected chi connectivity index (χ0v) is 11.1. The number of nitrogens with two attached hydrogens (primary N) is 2. The summed E-state index contributed by atoms with van der Waals surface area (Å²) in [5.41, 5.74) is 11.1. The van der Waals surface area contributed by atoms with E-state index in [-0.39, 0.29) is 18.6 Å². The van der Waals surface area contributed by atoms with Crippen LogP contribution in [0.4, 0.5) is 23.8 Å². The molecule has 2 heterocycles. The molecule has 0 aliphatic heterocycles. The van der Waals surface area contributed by atoms with E-state index < -0.39 is 0 Å². The highest BCUT2D eigenvalue weighted by molar-refractivity contribution is 5.45. The molecule has 0 saturated heterocycles. The average molecular weight is 286 g/mol. The second-order valence-electron chi connectivity index (χ2n) is 3.69. The number of anilines is 4. The lowest BCUT2D eigenvalue weighted by Gasteiger charge is -2.08. The Morgan fingerprint density at radius 2 is 1.19 bits per heavy atom. The monoisotopic (exact) mass is 286 g/mol. The van der Waals surface area contributed by atoms with Crippen LogP contribution in [0.15, 0.2) is 13.2 Å². The van der Waals surface area contributed by atoms with Crippen molar-refractivity contribution in [2.24, 2.45) is 0 Å². The summed E-state index contributed by atoms with van der Waals surface area (Å²) >= 11 is 0. The first-order valence-electron chi connectivity index (χ1n) is 5.86. The molecule has 0 aromatic carbocycles. The minimum atomic E-state index is 0.0979. The van der Waals surface area contributed by atoms with Crippen LogP contribution in [0.1, 0.15) is 11.6 Å². The predicted octanol–water partition coefficient (Wildman–Crippen LogP) is -0.0115. The zero-order valence-electron chi connectivity index (χ0n) is 11.1. The highest BCUT2D eigenvalue weighted by Gasteiger charge is 2.03. The minimum absolute atomic E-state index is 0.0979. The van der Waals surface area contributed by atoms with Gasteiger partial charge in [0.2, 0.25) is 23.8 Å². The van der Waals surface area contributed by atoms with Crippen LogP contribution in [-0.4, -0.2) is 36.6 Å². The number of nitrogens with one attached hydrogen (secondary N) is 2. The Morgan fingerprint density at radius 3 is 1.57 bits per heavy atom. The van der Waals surface area contributed by atoms with E-state index in [1.54, 1.807) is 0 Å². The van der Waals surface area contributed by atoms with Crippen molar-refractivity contribution in [1.82, 2.24) is 29.9 Å². The molecule has 0 fully saturated rings. The number of hydrogen-bond acceptors (Lipinski definition) is 10. The van der Waals surface area contributed by atoms with Crippen LogP contribution in [0, 0.1) is 0 Å². The molecule has 6 N–H and O–H groups in total. The maximum Gasteiger partial charge on any atom is 0.229 e. The van der Waals surface area contributed by atoms with Crippen molar-refractivity contribution in [3.63, 3.8) is 0 Å². The molecule has 0 aliphatic rings. The SMILES string of the molecule is C=Cc1nc(N)nc(NCNc2nc(N)nc(C=C)n2)n1. The minimum Gasteiger partial charge on any atom is -0.368 e. The third-order valence-corrected chi connectivity index (χ3v) is 2.20. The second kappa shape index (κ2) is 6.23. The van der Waals surface area contributed by atoms with Crippen molar-refractivity contribution >= 4 is 35.9 Å². The van der Waals surface area contributed by atoms with Gasteiger partial charge in [0.1, 0.15) is 0 Å². The molecule has 0 saturated carbocycles. The van der Waals surface area contributed by atoms with E-state index in [1.165, 1.54) is 12.2 Å². The van der Waals surface area contributed by atoms with Gasteiger partial charge in [0, 0.05) is 0 Å². The van der Waals surface area contributed by atoms with Crippen molar-refractivity contribution < 1.29 is 0 Å². The van der Waals surface area contributed by atoms with Crippen LogP contribution in [0.3, 0.4) is 0 Å². The topological polar surface area (TPSA) is 153 Å². The first kappa shape index (κ1) is 14.1. The van der Waals surface area contributed by atoms with Gasteiger partial charge in [-0.15, -0.1) is 0 Å². The standard InChI is InChI=1S/C11H14N10/c1-3-6-16-8(12)20-10(18-6)14-5-15-11-19-7(4-2)17-9(13)21-11/h3-4H,1-2,5H2,(H3,12,14,16,18,20)(H3,13,15,17,19,21). The van der Waals surface area contributed by atoms with E-state index >= 15 is 0 Å². The van der Waals surface area contributed by atoms with Crippen LogP contribution >= 0.6 is 0 Å². The summed E-state index contributed by atoms with van der Waals surface area (Å²) in [6, 6.07) is 0. The smallest absolute Gasteiger partial charge is 0.229 e. The maximum atomic E-state index is 5.54. The van der Waals surface area contributed by atoms with E-state index in [9.17, 15) is 0 Å². The summed E-state index contributed by atoms with van der Waals surface area (Å²) in [7, 11) is 0. The quantitative estimate of drug-likeness (QED) is 0.533. The summed E-state index contributed by atoms with van der Waals surface area (Å²) in [5.74, 6) is 1.56. The maximum absolute atomic E-state index is 5.54. The molecule has 0 aliphatic carbocycles. The number of rotatable bonds is 6. The number of hydrogen-bond donors (Lipinski definition) is 4. The van der Waals surface area contributed by atoms with E-state index in [1.807, 2.05) is 0 Å². The van der Waals surface area contributed by atoms with Gasteiger partial charge in [-0.1, -0.05) is 13.2 Å². The van der Waals surface area contributed by atoms with Gasteiger partial charge in [-0.2, -0.15) is 29.9 Å². The van der Waals surface area contributed by atoms with Gasteiger partial charge in [-0.05, 0) is 12.2 Å². The fraction of sp³-hybridized carbons (Fsp3) is 0.0909. The lowest BCUT2D eigenvalue weighted by molar-refractivity contribution is 0.989. The third kappa shape index (κ3) is 3.83. The van der Waals surface area contributed by atoms with Gasteiger partial charge in [-0.25, -0.2) is 0 Å². The molecule has 0 radical (unpaired) electrons. The van der Waals surface area contributed by atoms with Gasteiger partial charge >= 0.3 is 0 Å². The molecule has 108 valence electrons. The van der Waals surface area contributed by atoms with Gasteiger partial charge in [0.05, 0.1) is 6.67 Å². The normalized spacial score (nSPS) is 9.90. The fourth-order valence-corrected chi connectivity index (χ4v) is 1.36. The van der Waals surface area contributed by atoms with E-state index in [4.69, 9.17) is 11.5 Å². The molecule has 10 nitrogen and oxygen atoms in total. The number of aromatic nitrogens is 6. The Kier molecular flexibility index (Phi) is 4.19. The van der Waals surface area contributed by atoms with E-state index in [0.29, 0.717) is 23.5 Å². The van der Waals surface area contributed by atoms with Crippen LogP contribution < -0.4 is 22.1 Å². The molecule has 2 rings (SSSR count). The van der Waals surface area contributed by atoms with Crippen molar-refractivity contribution in [1.29, 1.82) is 0 Å². The Bertz CT molecular complexity index is 611. The van der Waals surface area contributed by atoms with Crippen LogP contribution in [0.25, 0.3) is 12.2 Å². The fourth-order valence-electron chi connectivity index (χ4n) is 1.36. The Morgan fingerprint density at radius 1 is 0.762 bits per heavy atom. The van der Waals surface area contributed by atoms with Gasteiger partial charge in [-0.3, -0.25) is 0 Å². The summed E-state index contributed by atoms with van der Waals surface area (Å²) < 4.78 is 0. The Labute approximate surface area is 120 Å². The summed E-state index contributed by atoms with van der Waals surface area (Å²) in [4.78, 5) is 23.7. The molecule has 10 heteroatoms. The molecule has 0 unspecified atom stereocenters. The number of nitrogens with zero attached hydrogens (tertiary/aromatic N) is 6. The Balaban J connectivity index is 2.01. The van der Waals surface area contributed by atoms with Crippen LogP contribution in [0.5, 0.6) is 0 Å². The Hall–Kier alpha value is -3.30. The van der Waals surface area contributed by atoms with Crippen molar-refractivity contribution in [2.75, 3.05) is 28.8 Å². The molecule has 2 aromatic rings. The largest absolute Gasteiger partial charge is 0.368 e. The lowest BCUT2D eigenvalue weighted by Crippen LogP contribution is -2.17. The molecule has 0 atom stereocenters. The highest BCUT2D eigenvalue weighted by Crippen LogP contribution is 2.05. The lowest BCUT2D eigenvalue weighted by atomic mass is 10.6. The molecule has 0 amide bonds. The third-order valence-electron chi connectivity index (χ3n) is 2.20. The van der Waals surface area contributed by atoms with Crippen molar-refractivity contribution in [3.05, 3.63) is 24.8 Å². The number of nitrogen functional groups attached to an aromatic ring is 2. The van der Waals surface area contributed by atoms with Crippen molar-refractivity contribution in [2.45, 2.75) is 0 Å². The highest BCUT2D eigenvalue weighted by atomic mass is 15.3. The average Bonchev–Trinajstić information content (AvgIpc) is 2.46. The summed E-state index contributed by atoms with van der Waals surface area (Å²) in [6.45, 7) is 7.39. The zero-order chi connectivity index (χ0) is 15.2. The van der Waals surface area contributed by atoms with Gasteiger partial charge in [0.25, 0.3) is 0 Å². The van der Waals surface area contributed by atoms with E-state index in [0.717, 1.165) is 0 Å². The van der Waals surface area contributed by atoms with E-state index in [2.05, 4.69) is 53.7 Å². The van der Waals surface area contributed by atoms with Gasteiger partial charge in [0.15, 0.2) is 11.6 Å². The van der Waals surface area contributed by atoms with Crippen LogP contribution in [0.2, 0.25) is 0 Å². The predicted molar refractivity (Wildman–Crippen MR) is 80.8 cm³/mol. The summed E-state index contributed by atoms with van der Waals surface area (Å²) in [5, 5.41) is 5.79. The summed E-state index contributed by atoms with van der Waals surface area (Å²) in [6.07, 6.45) is 2.94. The van der Waals surface area contributed by atoms with Gasteiger partial charge < -0.3 is 22.1 Å².